The van der Waals surface area contributed by atoms with Crippen LogP contribution in [-0.4, -0.2) is 50.0 Å². The average molecular weight is 342 g/mol. The minimum Gasteiger partial charge on any atom is -0.334 e. The number of aryl methyl sites for hydroxylation is 2. The fourth-order valence-corrected chi connectivity index (χ4v) is 3.71. The summed E-state index contributed by atoms with van der Waals surface area (Å²) in [6.45, 7) is 8.10. The first-order valence-electron chi connectivity index (χ1n) is 9.29. The van der Waals surface area contributed by atoms with Crippen molar-refractivity contribution >= 4 is 0 Å². The number of imidazole rings is 1. The van der Waals surface area contributed by atoms with Crippen LogP contribution in [-0.2, 0) is 19.6 Å². The summed E-state index contributed by atoms with van der Waals surface area (Å²) in [5.74, 6) is 2.02. The summed E-state index contributed by atoms with van der Waals surface area (Å²) < 4.78 is 2.28. The van der Waals surface area contributed by atoms with Crippen LogP contribution in [0.3, 0.4) is 0 Å². The van der Waals surface area contributed by atoms with Crippen molar-refractivity contribution in [3.63, 3.8) is 0 Å². The highest BCUT2D eigenvalue weighted by Gasteiger charge is 2.30. The molecule has 0 amide bonds. The number of hydrogen-bond donors (Lipinski definition) is 0. The molecular weight excluding hydrogens is 312 g/mol. The van der Waals surface area contributed by atoms with Gasteiger partial charge in [0, 0.05) is 37.2 Å². The van der Waals surface area contributed by atoms with Crippen molar-refractivity contribution in [3.05, 3.63) is 41.5 Å². The molecule has 1 aliphatic heterocycles. The molecular formula is C19H30N6. The van der Waals surface area contributed by atoms with Crippen molar-refractivity contribution < 1.29 is 0 Å². The fraction of sp³-hybridized carbons (Fsp3) is 0.632. The molecule has 1 aliphatic rings. The SMILES string of the molecule is CCCn1ccnc1CN1CCC[C@H]1c1nc(C)ncc1CN(C)C. The molecule has 0 bridgehead atoms. The molecule has 0 unspecified atom stereocenters. The molecule has 1 saturated heterocycles. The molecule has 0 saturated carbocycles. The minimum atomic E-state index is 0.364. The quantitative estimate of drug-likeness (QED) is 0.774. The van der Waals surface area contributed by atoms with Crippen LogP contribution in [0.1, 0.15) is 55.1 Å². The third-order valence-electron chi connectivity index (χ3n) is 4.80. The van der Waals surface area contributed by atoms with Crippen LogP contribution in [0.15, 0.2) is 18.6 Å². The van der Waals surface area contributed by atoms with E-state index in [9.17, 15) is 0 Å². The van der Waals surface area contributed by atoms with Crippen molar-refractivity contribution in [2.45, 2.75) is 58.8 Å². The van der Waals surface area contributed by atoms with Gasteiger partial charge in [0.2, 0.25) is 0 Å². The van der Waals surface area contributed by atoms with E-state index >= 15 is 0 Å². The van der Waals surface area contributed by atoms with Crippen molar-refractivity contribution in [2.75, 3.05) is 20.6 Å². The Bertz CT molecular complexity index is 693. The maximum absolute atomic E-state index is 4.84. The number of hydrogen-bond acceptors (Lipinski definition) is 5. The molecule has 2 aromatic heterocycles. The van der Waals surface area contributed by atoms with E-state index in [2.05, 4.69) is 51.6 Å². The van der Waals surface area contributed by atoms with Gasteiger partial charge in [-0.25, -0.2) is 15.0 Å². The van der Waals surface area contributed by atoms with Gasteiger partial charge in [-0.05, 0) is 46.8 Å². The Kier molecular flexibility index (Phi) is 5.81. The number of rotatable bonds is 7. The number of aromatic nitrogens is 4. The van der Waals surface area contributed by atoms with Crippen molar-refractivity contribution in [3.8, 4) is 0 Å². The summed E-state index contributed by atoms with van der Waals surface area (Å²) in [7, 11) is 4.19. The van der Waals surface area contributed by atoms with Crippen LogP contribution in [0, 0.1) is 6.92 Å². The Hall–Kier alpha value is -1.79. The number of nitrogens with zero attached hydrogens (tertiary/aromatic N) is 6. The van der Waals surface area contributed by atoms with Crippen LogP contribution in [0.4, 0.5) is 0 Å². The predicted molar refractivity (Wildman–Crippen MR) is 99.1 cm³/mol. The zero-order valence-electron chi connectivity index (χ0n) is 15.9. The molecule has 1 fully saturated rings. The first-order valence-corrected chi connectivity index (χ1v) is 9.29. The lowest BCUT2D eigenvalue weighted by atomic mass is 10.1. The Morgan fingerprint density at radius 1 is 1.28 bits per heavy atom. The average Bonchev–Trinajstić information content (AvgIpc) is 3.19. The summed E-state index contributed by atoms with van der Waals surface area (Å²) in [6, 6.07) is 0.364. The Labute approximate surface area is 150 Å². The molecule has 0 radical (unpaired) electrons. The Balaban J connectivity index is 1.84. The van der Waals surface area contributed by atoms with Crippen molar-refractivity contribution in [1.29, 1.82) is 0 Å². The second-order valence-electron chi connectivity index (χ2n) is 7.23. The molecule has 0 aromatic carbocycles. The zero-order valence-corrected chi connectivity index (χ0v) is 15.9. The first-order chi connectivity index (χ1) is 12.1. The van der Waals surface area contributed by atoms with Gasteiger partial charge in [0.15, 0.2) is 0 Å². The molecule has 1 atom stereocenters. The van der Waals surface area contributed by atoms with Gasteiger partial charge in [0.05, 0.1) is 18.3 Å². The van der Waals surface area contributed by atoms with Crippen LogP contribution < -0.4 is 0 Å². The molecule has 3 rings (SSSR count). The van der Waals surface area contributed by atoms with Crippen molar-refractivity contribution in [2.24, 2.45) is 0 Å². The second-order valence-corrected chi connectivity index (χ2v) is 7.23. The van der Waals surface area contributed by atoms with E-state index in [4.69, 9.17) is 4.98 Å². The molecule has 6 nitrogen and oxygen atoms in total. The van der Waals surface area contributed by atoms with Crippen molar-refractivity contribution in [1.82, 2.24) is 29.3 Å². The molecule has 136 valence electrons. The van der Waals surface area contributed by atoms with Gasteiger partial charge in [-0.3, -0.25) is 4.90 Å². The van der Waals surface area contributed by atoms with E-state index in [1.165, 1.54) is 17.7 Å². The zero-order chi connectivity index (χ0) is 17.8. The monoisotopic (exact) mass is 342 g/mol. The maximum Gasteiger partial charge on any atom is 0.125 e. The van der Waals surface area contributed by atoms with E-state index in [0.29, 0.717) is 6.04 Å². The van der Waals surface area contributed by atoms with Gasteiger partial charge < -0.3 is 9.47 Å². The second kappa shape index (κ2) is 8.06. The summed E-state index contributed by atoms with van der Waals surface area (Å²) in [5, 5.41) is 0. The lowest BCUT2D eigenvalue weighted by Crippen LogP contribution is -2.27. The van der Waals surface area contributed by atoms with Crippen LogP contribution >= 0.6 is 0 Å². The van der Waals surface area contributed by atoms with E-state index in [1.807, 2.05) is 19.3 Å². The van der Waals surface area contributed by atoms with Crippen LogP contribution in [0.25, 0.3) is 0 Å². The molecule has 6 heteroatoms. The Morgan fingerprint density at radius 3 is 2.88 bits per heavy atom. The first kappa shape index (κ1) is 18.0. The van der Waals surface area contributed by atoms with Crippen LogP contribution in [0.5, 0.6) is 0 Å². The molecule has 2 aromatic rings. The highest BCUT2D eigenvalue weighted by Crippen LogP contribution is 2.34. The highest BCUT2D eigenvalue weighted by molar-refractivity contribution is 5.22. The predicted octanol–water partition coefficient (Wildman–Crippen LogP) is 2.79. The van der Waals surface area contributed by atoms with Gasteiger partial charge in [-0.2, -0.15) is 0 Å². The van der Waals surface area contributed by atoms with Crippen LogP contribution in [0.2, 0.25) is 0 Å². The summed E-state index contributed by atoms with van der Waals surface area (Å²) >= 11 is 0. The third-order valence-corrected chi connectivity index (χ3v) is 4.80. The normalized spacial score (nSPS) is 18.4. The highest BCUT2D eigenvalue weighted by atomic mass is 15.2. The lowest BCUT2D eigenvalue weighted by Gasteiger charge is -2.26. The van der Waals surface area contributed by atoms with Gasteiger partial charge in [-0.1, -0.05) is 6.92 Å². The maximum atomic E-state index is 4.84. The van der Waals surface area contributed by atoms with Gasteiger partial charge >= 0.3 is 0 Å². The Morgan fingerprint density at radius 2 is 2.12 bits per heavy atom. The topological polar surface area (TPSA) is 50.1 Å². The third kappa shape index (κ3) is 4.25. The fourth-order valence-electron chi connectivity index (χ4n) is 3.71. The molecule has 25 heavy (non-hydrogen) atoms. The van der Waals surface area contributed by atoms with Gasteiger partial charge in [0.25, 0.3) is 0 Å². The summed E-state index contributed by atoms with van der Waals surface area (Å²) in [5.41, 5.74) is 2.44. The lowest BCUT2D eigenvalue weighted by molar-refractivity contribution is 0.231. The van der Waals surface area contributed by atoms with Gasteiger partial charge in [0.1, 0.15) is 11.6 Å². The molecule has 0 spiro atoms. The minimum absolute atomic E-state index is 0.364. The largest absolute Gasteiger partial charge is 0.334 e. The van der Waals surface area contributed by atoms with E-state index in [1.54, 1.807) is 0 Å². The molecule has 0 aliphatic carbocycles. The number of likely N-dealkylation sites (tertiary alicyclic amines) is 1. The smallest absolute Gasteiger partial charge is 0.125 e. The molecule has 3 heterocycles. The van der Waals surface area contributed by atoms with E-state index in [0.717, 1.165) is 50.7 Å². The summed E-state index contributed by atoms with van der Waals surface area (Å²) in [6.07, 6.45) is 9.52. The van der Waals surface area contributed by atoms with Gasteiger partial charge in [-0.15, -0.1) is 0 Å². The van der Waals surface area contributed by atoms with E-state index < -0.39 is 0 Å². The standard InChI is InChI=1S/C19H30N6/c1-5-9-24-11-8-20-18(24)14-25-10-6-7-17(25)19-16(13-23(3)4)12-21-15(2)22-19/h8,11-12,17H,5-7,9-10,13-14H2,1-4H3/t17-/m0/s1. The molecule has 0 N–H and O–H groups in total. The van der Waals surface area contributed by atoms with E-state index in [-0.39, 0.29) is 0 Å². The summed E-state index contributed by atoms with van der Waals surface area (Å²) in [4.78, 5) is 18.6.